The summed E-state index contributed by atoms with van der Waals surface area (Å²) in [6.45, 7) is 0.903. The van der Waals surface area contributed by atoms with E-state index in [0.29, 0.717) is 13.1 Å². The largest absolute Gasteiger partial charge is 0.339 e. The van der Waals surface area contributed by atoms with Crippen molar-refractivity contribution in [1.82, 2.24) is 14.5 Å². The quantitative estimate of drug-likeness (QED) is 0.756. The van der Waals surface area contributed by atoms with Gasteiger partial charge in [-0.05, 0) is 30.7 Å². The first-order chi connectivity index (χ1) is 11.8. The van der Waals surface area contributed by atoms with E-state index in [0.717, 1.165) is 29.1 Å². The second kappa shape index (κ2) is 6.85. The lowest BCUT2D eigenvalue weighted by molar-refractivity contribution is -0.147. The summed E-state index contributed by atoms with van der Waals surface area (Å²) in [6.07, 6.45) is 1.99. The van der Waals surface area contributed by atoms with Gasteiger partial charge in [0.05, 0.1) is 0 Å². The number of carbonyl (C=O) groups excluding carboxylic acids is 3. The molecule has 1 unspecified atom stereocenters. The van der Waals surface area contributed by atoms with Gasteiger partial charge in [0.1, 0.15) is 15.8 Å². The van der Waals surface area contributed by atoms with E-state index in [-0.39, 0.29) is 28.5 Å². The van der Waals surface area contributed by atoms with Gasteiger partial charge in [-0.2, -0.15) is 4.31 Å². The third-order valence-electron chi connectivity index (χ3n) is 4.47. The Morgan fingerprint density at radius 3 is 2.64 bits per heavy atom. The monoisotopic (exact) mass is 385 g/mol. The maximum Gasteiger partial charge on any atom is 0.263 e. The zero-order valence-electron chi connectivity index (χ0n) is 13.7. The summed E-state index contributed by atoms with van der Waals surface area (Å²) in [5.41, 5.74) is 0. The van der Waals surface area contributed by atoms with Crippen LogP contribution in [0.1, 0.15) is 35.4 Å². The lowest BCUT2D eigenvalue weighted by Gasteiger charge is -2.28. The van der Waals surface area contributed by atoms with Crippen LogP contribution in [0.5, 0.6) is 0 Å². The van der Waals surface area contributed by atoms with E-state index in [2.05, 4.69) is 5.32 Å². The summed E-state index contributed by atoms with van der Waals surface area (Å²) in [4.78, 5) is 37.2. The van der Waals surface area contributed by atoms with Crippen molar-refractivity contribution in [1.29, 1.82) is 0 Å². The van der Waals surface area contributed by atoms with Crippen LogP contribution in [0.3, 0.4) is 0 Å². The maximum absolute atomic E-state index is 12.7. The molecular formula is C15H19N3O5S2. The second-order valence-corrected chi connectivity index (χ2v) is 8.90. The minimum absolute atomic E-state index is 0.0235. The number of amides is 3. The van der Waals surface area contributed by atoms with Crippen LogP contribution in [0.4, 0.5) is 0 Å². The third kappa shape index (κ3) is 3.33. The van der Waals surface area contributed by atoms with Crippen LogP contribution in [0.25, 0.3) is 0 Å². The van der Waals surface area contributed by atoms with Crippen molar-refractivity contribution in [3.05, 3.63) is 16.3 Å². The number of sulfonamides is 1. The standard InChI is InChI=1S/C15H19N3O5S2/c1-17-12(19)5-4-10(15(17)21)16-14(20)13-11(6-9-24-13)25(22,23)18-7-2-3-8-18/h6,9-10H,2-5,7-8H2,1H3,(H,16,20). The fraction of sp³-hybridized carbons (Fsp3) is 0.533. The molecule has 1 atom stereocenters. The normalized spacial score (nSPS) is 22.4. The molecule has 3 rings (SSSR count). The first kappa shape index (κ1) is 18.0. The number of piperidine rings is 1. The number of carbonyl (C=O) groups is 3. The molecular weight excluding hydrogens is 366 g/mol. The van der Waals surface area contributed by atoms with Gasteiger partial charge in [0.25, 0.3) is 11.8 Å². The predicted molar refractivity (Wildman–Crippen MR) is 90.6 cm³/mol. The first-order valence-electron chi connectivity index (χ1n) is 8.01. The number of hydrogen-bond acceptors (Lipinski definition) is 6. The molecule has 0 bridgehead atoms. The summed E-state index contributed by atoms with van der Waals surface area (Å²) in [7, 11) is -2.34. The molecule has 0 radical (unpaired) electrons. The zero-order valence-corrected chi connectivity index (χ0v) is 15.4. The minimum atomic E-state index is -3.71. The van der Waals surface area contributed by atoms with Crippen molar-refractivity contribution in [3.8, 4) is 0 Å². The highest BCUT2D eigenvalue weighted by Crippen LogP contribution is 2.28. The average Bonchev–Trinajstić information content (AvgIpc) is 3.26. The molecule has 10 heteroatoms. The topological polar surface area (TPSA) is 104 Å². The van der Waals surface area contributed by atoms with Crippen molar-refractivity contribution in [3.63, 3.8) is 0 Å². The second-order valence-electron chi connectivity index (χ2n) is 6.08. The molecule has 2 aliphatic heterocycles. The lowest BCUT2D eigenvalue weighted by atomic mass is 10.0. The van der Waals surface area contributed by atoms with Gasteiger partial charge >= 0.3 is 0 Å². The maximum atomic E-state index is 12.7. The predicted octanol–water partition coefficient (Wildman–Crippen LogP) is 0.410. The van der Waals surface area contributed by atoms with Crippen LogP contribution in [0.2, 0.25) is 0 Å². The van der Waals surface area contributed by atoms with Crippen molar-refractivity contribution in [2.45, 2.75) is 36.6 Å². The summed E-state index contributed by atoms with van der Waals surface area (Å²) in [5, 5.41) is 4.12. The van der Waals surface area contributed by atoms with Crippen LogP contribution >= 0.6 is 11.3 Å². The Morgan fingerprint density at radius 1 is 1.28 bits per heavy atom. The van der Waals surface area contributed by atoms with Gasteiger partial charge in [-0.25, -0.2) is 8.42 Å². The molecule has 0 saturated carbocycles. The highest BCUT2D eigenvalue weighted by molar-refractivity contribution is 7.89. The van der Waals surface area contributed by atoms with E-state index < -0.39 is 27.9 Å². The number of thiophene rings is 1. The van der Waals surface area contributed by atoms with Crippen LogP contribution in [-0.2, 0) is 19.6 Å². The van der Waals surface area contributed by atoms with Crippen LogP contribution in [-0.4, -0.2) is 61.5 Å². The molecule has 2 aliphatic rings. The fourth-order valence-electron chi connectivity index (χ4n) is 3.01. The number of imide groups is 1. The Kier molecular flexibility index (Phi) is 4.94. The molecule has 136 valence electrons. The summed E-state index contributed by atoms with van der Waals surface area (Å²) in [5.74, 6) is -1.37. The molecule has 1 aromatic heterocycles. The van der Waals surface area contributed by atoms with Crippen molar-refractivity contribution in [2.24, 2.45) is 0 Å². The Bertz CT molecular complexity index is 811. The minimum Gasteiger partial charge on any atom is -0.339 e. The molecule has 0 aliphatic carbocycles. The summed E-state index contributed by atoms with van der Waals surface area (Å²) >= 11 is 1.02. The SMILES string of the molecule is CN1C(=O)CCC(NC(=O)c2sccc2S(=O)(=O)N2CCCC2)C1=O. The van der Waals surface area contributed by atoms with E-state index in [4.69, 9.17) is 0 Å². The van der Waals surface area contributed by atoms with Gasteiger partial charge in [-0.3, -0.25) is 19.3 Å². The van der Waals surface area contributed by atoms with Gasteiger partial charge in [0.2, 0.25) is 15.9 Å². The van der Waals surface area contributed by atoms with Crippen molar-refractivity contribution >= 4 is 39.1 Å². The molecule has 3 heterocycles. The van der Waals surface area contributed by atoms with E-state index in [1.165, 1.54) is 17.4 Å². The average molecular weight is 385 g/mol. The first-order valence-corrected chi connectivity index (χ1v) is 10.3. The molecule has 2 saturated heterocycles. The van der Waals surface area contributed by atoms with Gasteiger partial charge in [-0.1, -0.05) is 0 Å². The molecule has 1 aromatic rings. The lowest BCUT2D eigenvalue weighted by Crippen LogP contribution is -2.52. The van der Waals surface area contributed by atoms with Gasteiger partial charge < -0.3 is 5.32 Å². The van der Waals surface area contributed by atoms with Gasteiger partial charge in [-0.15, -0.1) is 11.3 Å². The number of rotatable bonds is 4. The van der Waals surface area contributed by atoms with E-state index in [9.17, 15) is 22.8 Å². The molecule has 25 heavy (non-hydrogen) atoms. The smallest absolute Gasteiger partial charge is 0.263 e. The summed E-state index contributed by atoms with van der Waals surface area (Å²) in [6, 6.07) is 0.602. The van der Waals surface area contributed by atoms with Crippen molar-refractivity contribution in [2.75, 3.05) is 20.1 Å². The molecule has 0 aromatic carbocycles. The fourth-order valence-corrected chi connectivity index (χ4v) is 5.83. The Morgan fingerprint density at radius 2 is 1.96 bits per heavy atom. The van der Waals surface area contributed by atoms with E-state index in [1.54, 1.807) is 5.38 Å². The van der Waals surface area contributed by atoms with E-state index >= 15 is 0 Å². The number of likely N-dealkylation sites (N-methyl/N-ethyl adjacent to an activating group) is 1. The molecule has 8 nitrogen and oxygen atoms in total. The number of nitrogens with one attached hydrogen (secondary N) is 1. The molecule has 3 amide bonds. The third-order valence-corrected chi connectivity index (χ3v) is 7.46. The molecule has 2 fully saturated rings. The van der Waals surface area contributed by atoms with Gasteiger partial charge in [0, 0.05) is 26.6 Å². The molecule has 0 spiro atoms. The van der Waals surface area contributed by atoms with Crippen LogP contribution < -0.4 is 5.32 Å². The highest BCUT2D eigenvalue weighted by Gasteiger charge is 2.35. The van der Waals surface area contributed by atoms with E-state index in [1.807, 2.05) is 0 Å². The number of likely N-dealkylation sites (tertiary alicyclic amines) is 1. The summed E-state index contributed by atoms with van der Waals surface area (Å²) < 4.78 is 26.8. The number of nitrogens with zero attached hydrogens (tertiary/aromatic N) is 2. The number of hydrogen-bond donors (Lipinski definition) is 1. The zero-order chi connectivity index (χ0) is 18.2. The Labute approximate surface area is 149 Å². The highest BCUT2D eigenvalue weighted by atomic mass is 32.2. The van der Waals surface area contributed by atoms with Gasteiger partial charge in [0.15, 0.2) is 0 Å². The van der Waals surface area contributed by atoms with Crippen molar-refractivity contribution < 1.29 is 22.8 Å². The Balaban J connectivity index is 1.79. The van der Waals surface area contributed by atoms with Crippen LogP contribution in [0.15, 0.2) is 16.3 Å². The molecule has 1 N–H and O–H groups in total. The van der Waals surface area contributed by atoms with Crippen LogP contribution in [0, 0.1) is 0 Å². The Hall–Kier alpha value is -1.78.